The number of carbonyl (C=O) groups excluding carboxylic acids is 3. The molecule has 4 heterocycles. The van der Waals surface area contributed by atoms with Crippen LogP contribution in [0.5, 0.6) is 0 Å². The number of nitrogens with zero attached hydrogens (tertiary/aromatic N) is 6. The molecule has 2 aliphatic rings. The van der Waals surface area contributed by atoms with Gasteiger partial charge < -0.3 is 34.4 Å². The third-order valence-electron chi connectivity index (χ3n) is 8.76. The van der Waals surface area contributed by atoms with Gasteiger partial charge in [-0.15, -0.1) is 0 Å². The van der Waals surface area contributed by atoms with Crippen molar-refractivity contribution in [3.63, 3.8) is 0 Å². The topological polar surface area (TPSA) is 146 Å². The van der Waals surface area contributed by atoms with Crippen LogP contribution in [0.25, 0.3) is 11.3 Å². The summed E-state index contributed by atoms with van der Waals surface area (Å²) in [5.74, 6) is -0.482. The molecule has 1 aromatic carbocycles. The summed E-state index contributed by atoms with van der Waals surface area (Å²) in [5.41, 5.74) is 2.36. The number of aliphatic hydroxyl groups excluding tert-OH is 1. The van der Waals surface area contributed by atoms with Gasteiger partial charge in [0.25, 0.3) is 0 Å². The molecule has 3 amide bonds. The number of benzene rings is 1. The van der Waals surface area contributed by atoms with Crippen molar-refractivity contribution in [3.8, 4) is 11.3 Å². The molecule has 0 saturated carbocycles. The lowest BCUT2D eigenvalue weighted by molar-refractivity contribution is -0.141. The Hall–Kier alpha value is -4.39. The second-order valence-electron chi connectivity index (χ2n) is 13.9. The lowest BCUT2D eigenvalue weighted by Gasteiger charge is -2.35. The number of ether oxygens (including phenoxy) is 1. The van der Waals surface area contributed by atoms with E-state index in [1.165, 1.54) is 4.90 Å². The van der Waals surface area contributed by atoms with Gasteiger partial charge in [-0.05, 0) is 50.8 Å². The van der Waals surface area contributed by atoms with E-state index in [-0.39, 0.29) is 42.8 Å². The molecule has 13 nitrogen and oxygen atoms in total. The minimum absolute atomic E-state index is 0.0571. The summed E-state index contributed by atoms with van der Waals surface area (Å²) in [5, 5.41) is 22.1. The molecule has 3 aromatic rings. The Morgan fingerprint density at radius 1 is 1.04 bits per heavy atom. The van der Waals surface area contributed by atoms with Gasteiger partial charge in [0.05, 0.1) is 17.8 Å². The van der Waals surface area contributed by atoms with Gasteiger partial charge >= 0.3 is 6.09 Å². The van der Waals surface area contributed by atoms with Crippen molar-refractivity contribution in [3.05, 3.63) is 53.9 Å². The monoisotopic (exact) mass is 649 g/mol. The van der Waals surface area contributed by atoms with E-state index in [0.717, 1.165) is 16.8 Å². The Balaban J connectivity index is 1.23. The average molecular weight is 650 g/mol. The molecule has 0 radical (unpaired) electrons. The number of piperazine rings is 1. The fourth-order valence-corrected chi connectivity index (χ4v) is 6.23. The zero-order chi connectivity index (χ0) is 34.0. The number of amides is 3. The molecule has 0 aliphatic carbocycles. The molecule has 0 bridgehead atoms. The molecule has 2 saturated heterocycles. The van der Waals surface area contributed by atoms with E-state index >= 15 is 0 Å². The molecule has 5 rings (SSSR count). The summed E-state index contributed by atoms with van der Waals surface area (Å²) in [6.45, 7) is 13.3. The van der Waals surface area contributed by atoms with Crippen LogP contribution in [0, 0.1) is 5.92 Å². The molecule has 2 N–H and O–H groups in total. The van der Waals surface area contributed by atoms with Gasteiger partial charge in [0, 0.05) is 58.5 Å². The number of aromatic nitrogens is 3. The molecule has 2 aliphatic heterocycles. The Bertz CT molecular complexity index is 1550. The molecule has 4 atom stereocenters. The van der Waals surface area contributed by atoms with Gasteiger partial charge in [-0.2, -0.15) is 5.10 Å². The van der Waals surface area contributed by atoms with Gasteiger partial charge in [-0.25, -0.2) is 4.79 Å². The lowest BCUT2D eigenvalue weighted by atomic mass is 9.91. The summed E-state index contributed by atoms with van der Waals surface area (Å²) in [4.78, 5) is 45.3. The molecule has 2 fully saturated rings. The standard InChI is InChI=1S/C34H47N7O6/c1-21(2)30(28-19-29(37-47-28)39-14-16-40(17-15-39)33(45)46-34(4,5)6)32(44)41-20-25(42)18-27(41)31(43)36-22(3)23-8-10-24(11-9-23)26-12-13-35-38(26)7/h8-13,19,21-22,25,27,30,42H,14-18,20H2,1-7H3,(H,36,43)/t22-,25+,27-,30?/m0/s1. The molecule has 13 heteroatoms. The van der Waals surface area contributed by atoms with Crippen molar-refractivity contribution < 1.29 is 28.8 Å². The summed E-state index contributed by atoms with van der Waals surface area (Å²) in [6, 6.07) is 10.5. The zero-order valence-corrected chi connectivity index (χ0v) is 28.3. The number of carbonyl (C=O) groups is 3. The first-order chi connectivity index (χ1) is 22.2. The minimum atomic E-state index is -0.821. The van der Waals surface area contributed by atoms with Gasteiger partial charge in [0.1, 0.15) is 17.6 Å². The normalized spacial score (nSPS) is 20.0. The van der Waals surface area contributed by atoms with Gasteiger partial charge in [0.2, 0.25) is 11.8 Å². The predicted molar refractivity (Wildman–Crippen MR) is 175 cm³/mol. The Morgan fingerprint density at radius 3 is 2.32 bits per heavy atom. The number of anilines is 1. The Labute approximate surface area is 275 Å². The van der Waals surface area contributed by atoms with E-state index in [9.17, 15) is 19.5 Å². The van der Waals surface area contributed by atoms with Crippen LogP contribution in [-0.2, 0) is 21.4 Å². The highest BCUT2D eigenvalue weighted by Gasteiger charge is 2.43. The van der Waals surface area contributed by atoms with Gasteiger partial charge in [0.15, 0.2) is 11.6 Å². The minimum Gasteiger partial charge on any atom is -0.444 e. The van der Waals surface area contributed by atoms with Crippen LogP contribution in [-0.4, -0.2) is 98.2 Å². The van der Waals surface area contributed by atoms with Crippen LogP contribution in [0.15, 0.2) is 47.1 Å². The first kappa shape index (κ1) is 34.0. The first-order valence-corrected chi connectivity index (χ1v) is 16.3. The quantitative estimate of drug-likeness (QED) is 0.373. The number of nitrogens with one attached hydrogen (secondary N) is 1. The van der Waals surface area contributed by atoms with Crippen LogP contribution in [0.3, 0.4) is 0 Å². The van der Waals surface area contributed by atoms with Gasteiger partial charge in [-0.3, -0.25) is 14.3 Å². The summed E-state index contributed by atoms with van der Waals surface area (Å²) < 4.78 is 13.0. The van der Waals surface area contributed by atoms with Crippen LogP contribution in [0.1, 0.15) is 71.2 Å². The van der Waals surface area contributed by atoms with E-state index in [1.807, 2.05) is 83.8 Å². The van der Waals surface area contributed by atoms with Crippen LogP contribution in [0.2, 0.25) is 0 Å². The number of likely N-dealkylation sites (tertiary alicyclic amines) is 1. The first-order valence-electron chi connectivity index (χ1n) is 16.3. The number of aliphatic hydroxyl groups is 1. The van der Waals surface area contributed by atoms with Crippen molar-refractivity contribution in [1.29, 1.82) is 0 Å². The van der Waals surface area contributed by atoms with Gasteiger partial charge in [-0.1, -0.05) is 43.3 Å². The average Bonchev–Trinajstić information content (AvgIpc) is 3.76. The van der Waals surface area contributed by atoms with Crippen molar-refractivity contribution >= 4 is 23.7 Å². The number of aryl methyl sites for hydroxylation is 1. The number of rotatable bonds is 8. The largest absolute Gasteiger partial charge is 0.444 e. The predicted octanol–water partition coefficient (Wildman–Crippen LogP) is 3.71. The smallest absolute Gasteiger partial charge is 0.410 e. The number of hydrogen-bond donors (Lipinski definition) is 2. The highest BCUT2D eigenvalue weighted by molar-refractivity contribution is 5.91. The fraction of sp³-hybridized carbons (Fsp3) is 0.559. The van der Waals surface area contributed by atoms with Crippen LogP contribution in [0.4, 0.5) is 10.6 Å². The SMILES string of the molecule is CC(C)C(C(=O)N1C[C@H](O)C[C@H]1C(=O)N[C@@H](C)c1ccc(-c2ccnn2C)cc1)c1cc(N2CCN(C(=O)OC(C)(C)C)CC2)no1. The van der Waals surface area contributed by atoms with E-state index in [4.69, 9.17) is 9.26 Å². The van der Waals surface area contributed by atoms with Crippen molar-refractivity contribution in [2.75, 3.05) is 37.6 Å². The van der Waals surface area contributed by atoms with E-state index in [0.29, 0.717) is 37.8 Å². The summed E-state index contributed by atoms with van der Waals surface area (Å²) >= 11 is 0. The maximum atomic E-state index is 14.1. The van der Waals surface area contributed by atoms with E-state index < -0.39 is 23.7 Å². The van der Waals surface area contributed by atoms with Crippen LogP contribution >= 0.6 is 0 Å². The Kier molecular flexibility index (Phi) is 9.94. The molecule has 0 spiro atoms. The van der Waals surface area contributed by atoms with Crippen LogP contribution < -0.4 is 10.2 Å². The summed E-state index contributed by atoms with van der Waals surface area (Å²) in [6.07, 6.45) is 0.737. The molecule has 1 unspecified atom stereocenters. The summed E-state index contributed by atoms with van der Waals surface area (Å²) in [7, 11) is 1.89. The lowest BCUT2D eigenvalue weighted by Crippen LogP contribution is -2.50. The number of β-amino-alcohol motifs (C(OH)–C–C–N with tert-alkyl or cyclic N) is 1. The van der Waals surface area contributed by atoms with Crippen molar-refractivity contribution in [2.24, 2.45) is 13.0 Å². The fourth-order valence-electron chi connectivity index (χ4n) is 6.23. The third-order valence-corrected chi connectivity index (χ3v) is 8.76. The third kappa shape index (κ3) is 7.78. The highest BCUT2D eigenvalue weighted by atomic mass is 16.6. The molecule has 47 heavy (non-hydrogen) atoms. The second-order valence-corrected chi connectivity index (χ2v) is 13.9. The maximum Gasteiger partial charge on any atom is 0.410 e. The highest BCUT2D eigenvalue weighted by Crippen LogP contribution is 2.33. The molecular weight excluding hydrogens is 602 g/mol. The second kappa shape index (κ2) is 13.8. The van der Waals surface area contributed by atoms with E-state index in [2.05, 4.69) is 15.6 Å². The molecule has 254 valence electrons. The zero-order valence-electron chi connectivity index (χ0n) is 28.3. The van der Waals surface area contributed by atoms with E-state index in [1.54, 1.807) is 21.8 Å². The molecule has 2 aromatic heterocycles. The maximum absolute atomic E-state index is 14.1. The molecular formula is C34H47N7O6. The van der Waals surface area contributed by atoms with Crippen molar-refractivity contribution in [2.45, 2.75) is 77.7 Å². The Morgan fingerprint density at radius 2 is 1.72 bits per heavy atom. The number of hydrogen-bond acceptors (Lipinski definition) is 9. The van der Waals surface area contributed by atoms with Crippen molar-refractivity contribution in [1.82, 2.24) is 30.1 Å².